The fraction of sp³-hybridized carbons (Fsp3) is 0.294. The van der Waals surface area contributed by atoms with Crippen LogP contribution in [-0.4, -0.2) is 13.7 Å². The van der Waals surface area contributed by atoms with Crippen molar-refractivity contribution in [2.45, 2.75) is 93.9 Å². The molecule has 3 heteroatoms. The number of benzene rings is 8. The third-order valence-corrected chi connectivity index (χ3v) is 17.5. The van der Waals surface area contributed by atoms with Crippen molar-refractivity contribution in [2.24, 2.45) is 35.5 Å². The average molecular weight is 930 g/mol. The molecule has 0 aliphatic heterocycles. The normalized spacial score (nSPS) is 13.0. The molecule has 0 radical (unpaired) electrons. The third-order valence-electron chi connectivity index (χ3n) is 17.5. The van der Waals surface area contributed by atoms with Crippen LogP contribution in [0.15, 0.2) is 176 Å². The lowest BCUT2D eigenvalue weighted by atomic mass is 9.58. The summed E-state index contributed by atoms with van der Waals surface area (Å²) in [7, 11) is 0. The van der Waals surface area contributed by atoms with Crippen LogP contribution in [0.2, 0.25) is 0 Å². The molecule has 0 aliphatic carbocycles. The molecule has 0 saturated carbocycles. The Morgan fingerprint density at radius 3 is 0.930 bits per heavy atom. The van der Waals surface area contributed by atoms with Gasteiger partial charge in [-0.1, -0.05) is 180 Å². The lowest BCUT2D eigenvalue weighted by Gasteiger charge is -2.46. The second kappa shape index (κ2) is 17.5. The number of para-hydroxylation sites is 4. The maximum atomic E-state index is 2.54. The summed E-state index contributed by atoms with van der Waals surface area (Å²) >= 11 is 0. The summed E-state index contributed by atoms with van der Waals surface area (Å²) in [6.45, 7) is 29.0. The Labute approximate surface area is 421 Å². The zero-order valence-electron chi connectivity index (χ0n) is 44.0. The van der Waals surface area contributed by atoms with E-state index in [9.17, 15) is 0 Å². The SMILES string of the molecule is CC(C)C(c1ccc2c(c1)c1ccccc1n2-c1cccc(-c2cc(-n3c4ccccc4c4ccccc43)cc(-n3c4ccccc4c4cc(C(C(C)C)(C(C)C)C(C)C)ccc43)c2)c1)(C(C)C)C(C)C. The van der Waals surface area contributed by atoms with Crippen molar-refractivity contribution in [3.63, 3.8) is 0 Å². The highest BCUT2D eigenvalue weighted by atomic mass is 15.0. The molecule has 0 spiro atoms. The topological polar surface area (TPSA) is 14.8 Å². The van der Waals surface area contributed by atoms with Gasteiger partial charge in [0, 0.05) is 60.2 Å². The Morgan fingerprint density at radius 1 is 0.254 bits per heavy atom. The molecule has 0 saturated heterocycles. The van der Waals surface area contributed by atoms with Gasteiger partial charge in [0.1, 0.15) is 0 Å². The van der Waals surface area contributed by atoms with E-state index in [0.717, 1.165) is 17.1 Å². The Balaban J connectivity index is 1.16. The summed E-state index contributed by atoms with van der Waals surface area (Å²) < 4.78 is 7.50. The summed E-state index contributed by atoms with van der Waals surface area (Å²) in [4.78, 5) is 0. The van der Waals surface area contributed by atoms with Gasteiger partial charge < -0.3 is 13.7 Å². The lowest BCUT2D eigenvalue weighted by Crippen LogP contribution is -2.42. The second-order valence-electron chi connectivity index (χ2n) is 22.6. The van der Waals surface area contributed by atoms with Gasteiger partial charge >= 0.3 is 0 Å². The summed E-state index contributed by atoms with van der Waals surface area (Å²) in [5, 5.41) is 7.70. The number of rotatable bonds is 12. The monoisotopic (exact) mass is 930 g/mol. The fourth-order valence-corrected chi connectivity index (χ4v) is 15.1. The van der Waals surface area contributed by atoms with Gasteiger partial charge in [-0.3, -0.25) is 0 Å². The zero-order valence-corrected chi connectivity index (χ0v) is 44.0. The molecule has 358 valence electrons. The zero-order chi connectivity index (χ0) is 49.7. The van der Waals surface area contributed by atoms with E-state index < -0.39 is 0 Å². The molecule has 0 unspecified atom stereocenters. The van der Waals surface area contributed by atoms with Crippen LogP contribution in [-0.2, 0) is 10.8 Å². The molecule has 0 aliphatic rings. The summed E-state index contributed by atoms with van der Waals surface area (Å²) in [6, 6.07) is 67.1. The van der Waals surface area contributed by atoms with Gasteiger partial charge in [0.25, 0.3) is 0 Å². The third kappa shape index (κ3) is 6.89. The van der Waals surface area contributed by atoms with Crippen molar-refractivity contribution in [1.82, 2.24) is 13.7 Å². The lowest BCUT2D eigenvalue weighted by molar-refractivity contribution is 0.148. The van der Waals surface area contributed by atoms with Crippen molar-refractivity contribution in [3.8, 4) is 28.2 Å². The Hall–Kier alpha value is -6.84. The molecule has 11 rings (SSSR count). The molecule has 0 bridgehead atoms. The standard InChI is InChI=1S/C68H71N3/c1-42(2)67(43(3)4,44(5)6)50-32-34-65-59(39-50)57-26-15-19-30-63(57)69(65)52-23-21-22-48(36-52)49-37-53(70-61-28-17-13-24-55(61)56-25-14-18-29-62(56)70)41-54(38-49)71-64-31-20-16-27-58(64)60-40-51(33-35-66(60)71)68(45(7)8,46(9)10)47(11)12/h13-47H,1-12H3. The van der Waals surface area contributed by atoms with Crippen LogP contribution >= 0.6 is 0 Å². The first-order valence-corrected chi connectivity index (χ1v) is 26.5. The van der Waals surface area contributed by atoms with Crippen LogP contribution in [0.4, 0.5) is 0 Å². The van der Waals surface area contributed by atoms with Crippen molar-refractivity contribution in [3.05, 3.63) is 187 Å². The van der Waals surface area contributed by atoms with Crippen LogP contribution in [0.25, 0.3) is 93.6 Å². The van der Waals surface area contributed by atoms with Crippen molar-refractivity contribution in [2.75, 3.05) is 0 Å². The van der Waals surface area contributed by atoms with Crippen molar-refractivity contribution < 1.29 is 0 Å². The Bertz CT molecular complexity index is 3710. The highest BCUT2D eigenvalue weighted by Gasteiger charge is 2.43. The summed E-state index contributed by atoms with van der Waals surface area (Å²) in [6.07, 6.45) is 0. The Kier molecular flexibility index (Phi) is 11.5. The number of fused-ring (bicyclic) bond motifs is 9. The van der Waals surface area contributed by atoms with Gasteiger partial charge in [-0.05, 0) is 137 Å². The van der Waals surface area contributed by atoms with Gasteiger partial charge in [0.2, 0.25) is 0 Å². The van der Waals surface area contributed by atoms with E-state index in [4.69, 9.17) is 0 Å². The molecular weight excluding hydrogens is 859 g/mol. The van der Waals surface area contributed by atoms with Gasteiger partial charge in [0.15, 0.2) is 0 Å². The minimum absolute atomic E-state index is 0.0333. The van der Waals surface area contributed by atoms with Gasteiger partial charge in [-0.25, -0.2) is 0 Å². The van der Waals surface area contributed by atoms with E-state index >= 15 is 0 Å². The van der Waals surface area contributed by atoms with Crippen LogP contribution in [0.3, 0.4) is 0 Å². The number of nitrogens with zero attached hydrogens (tertiary/aromatic N) is 3. The van der Waals surface area contributed by atoms with Crippen molar-refractivity contribution >= 4 is 65.4 Å². The highest BCUT2D eigenvalue weighted by molar-refractivity contribution is 6.12. The van der Waals surface area contributed by atoms with Crippen LogP contribution < -0.4 is 0 Å². The molecule has 0 N–H and O–H groups in total. The number of hydrogen-bond acceptors (Lipinski definition) is 0. The largest absolute Gasteiger partial charge is 0.309 e. The van der Waals surface area contributed by atoms with Gasteiger partial charge in [0.05, 0.1) is 33.1 Å². The Morgan fingerprint density at radius 2 is 0.563 bits per heavy atom. The summed E-state index contributed by atoms with van der Waals surface area (Å²) in [5.41, 5.74) is 16.0. The molecule has 0 fully saturated rings. The average Bonchev–Trinajstić information content (AvgIpc) is 3.99. The molecule has 3 aromatic heterocycles. The molecule has 3 nitrogen and oxygen atoms in total. The smallest absolute Gasteiger partial charge is 0.0541 e. The van der Waals surface area contributed by atoms with Crippen LogP contribution in [0.5, 0.6) is 0 Å². The minimum Gasteiger partial charge on any atom is -0.309 e. The van der Waals surface area contributed by atoms with E-state index in [-0.39, 0.29) is 10.8 Å². The predicted octanol–water partition coefficient (Wildman–Crippen LogP) is 19.1. The number of aromatic nitrogens is 3. The van der Waals surface area contributed by atoms with Crippen molar-refractivity contribution in [1.29, 1.82) is 0 Å². The van der Waals surface area contributed by atoms with Crippen LogP contribution in [0, 0.1) is 35.5 Å². The number of hydrogen-bond donors (Lipinski definition) is 0. The predicted molar refractivity (Wildman–Crippen MR) is 307 cm³/mol. The van der Waals surface area contributed by atoms with E-state index in [2.05, 4.69) is 273 Å². The highest BCUT2D eigenvalue weighted by Crippen LogP contribution is 2.49. The van der Waals surface area contributed by atoms with Gasteiger partial charge in [-0.2, -0.15) is 0 Å². The molecule has 3 heterocycles. The van der Waals surface area contributed by atoms with E-state index in [1.807, 2.05) is 0 Å². The fourth-order valence-electron chi connectivity index (χ4n) is 15.1. The first-order chi connectivity index (χ1) is 34.2. The van der Waals surface area contributed by atoms with Crippen LogP contribution in [0.1, 0.15) is 94.2 Å². The van der Waals surface area contributed by atoms with E-state index in [1.54, 1.807) is 0 Å². The first kappa shape index (κ1) is 46.5. The minimum atomic E-state index is 0.0333. The molecular formula is C68H71N3. The van der Waals surface area contributed by atoms with E-state index in [1.165, 1.54) is 87.7 Å². The quantitative estimate of drug-likeness (QED) is 0.116. The second-order valence-corrected chi connectivity index (χ2v) is 22.6. The molecule has 0 amide bonds. The molecule has 11 aromatic rings. The van der Waals surface area contributed by atoms with E-state index in [0.29, 0.717) is 35.5 Å². The first-order valence-electron chi connectivity index (χ1n) is 26.5. The molecule has 8 aromatic carbocycles. The molecule has 0 atom stereocenters. The van der Waals surface area contributed by atoms with Gasteiger partial charge in [-0.15, -0.1) is 0 Å². The molecule has 71 heavy (non-hydrogen) atoms. The maximum Gasteiger partial charge on any atom is 0.0541 e. The summed E-state index contributed by atoms with van der Waals surface area (Å²) in [5.74, 6) is 2.92. The maximum absolute atomic E-state index is 2.54.